The second-order valence-electron chi connectivity index (χ2n) is 15.9. The highest BCUT2D eigenvalue weighted by atomic mass is 16.3. The van der Waals surface area contributed by atoms with Crippen molar-refractivity contribution in [2.75, 3.05) is 0 Å². The molecule has 2 heterocycles. The Hall–Kier alpha value is -8.21. The zero-order valence-electron chi connectivity index (χ0n) is 33.7. The molecule has 2 aromatic heterocycles. The van der Waals surface area contributed by atoms with Crippen LogP contribution in [-0.4, -0.2) is 15.0 Å². The Morgan fingerprint density at radius 3 is 1.58 bits per heavy atom. The summed E-state index contributed by atoms with van der Waals surface area (Å²) in [5, 5.41) is 1.98. The number of nitrogens with zero attached hydrogens (tertiary/aromatic N) is 3. The Morgan fingerprint density at radius 1 is 0.435 bits per heavy atom. The van der Waals surface area contributed by atoms with Crippen LogP contribution >= 0.6 is 0 Å². The van der Waals surface area contributed by atoms with Crippen LogP contribution in [0.3, 0.4) is 0 Å². The van der Waals surface area contributed by atoms with Crippen molar-refractivity contribution in [3.05, 3.63) is 241 Å². The molecule has 2 aliphatic carbocycles. The minimum absolute atomic E-state index is 0.336. The van der Waals surface area contributed by atoms with Crippen molar-refractivity contribution in [3.8, 4) is 67.3 Å². The van der Waals surface area contributed by atoms with E-state index in [1.807, 2.05) is 42.5 Å². The van der Waals surface area contributed by atoms with Crippen molar-refractivity contribution >= 4 is 27.5 Å². The lowest BCUT2D eigenvalue weighted by atomic mass is 9.70. The molecule has 4 heteroatoms. The summed E-state index contributed by atoms with van der Waals surface area (Å²) in [6.45, 7) is 7.94. The Morgan fingerprint density at radius 2 is 0.935 bits per heavy atom. The van der Waals surface area contributed by atoms with Gasteiger partial charge in [-0.3, -0.25) is 0 Å². The number of benzene rings is 8. The molecule has 0 saturated carbocycles. The van der Waals surface area contributed by atoms with Crippen LogP contribution in [0.15, 0.2) is 218 Å². The van der Waals surface area contributed by atoms with Gasteiger partial charge in [0.1, 0.15) is 11.2 Å². The molecule has 0 bridgehead atoms. The number of para-hydroxylation sites is 1. The summed E-state index contributed by atoms with van der Waals surface area (Å²) < 4.78 is 6.21. The fourth-order valence-electron chi connectivity index (χ4n) is 10.0. The van der Waals surface area contributed by atoms with Crippen LogP contribution in [0, 0.1) is 0 Å². The van der Waals surface area contributed by atoms with Gasteiger partial charge in [-0.05, 0) is 85.0 Å². The Bertz CT molecular complexity index is 3450. The molecule has 2 aliphatic rings. The van der Waals surface area contributed by atoms with Crippen LogP contribution < -0.4 is 0 Å². The van der Waals surface area contributed by atoms with Crippen LogP contribution in [-0.2, 0) is 5.41 Å². The van der Waals surface area contributed by atoms with Gasteiger partial charge in [0, 0.05) is 27.5 Å². The molecule has 0 unspecified atom stereocenters. The highest BCUT2D eigenvalue weighted by molar-refractivity contribution is 6.11. The molecule has 10 aromatic rings. The van der Waals surface area contributed by atoms with Crippen LogP contribution in [0.5, 0.6) is 0 Å². The SMILES string of the molecule is C=C/C=C(\C=C)c1nc(-c2ccc(-c3ccc(-c4ccc5c(c4)-c4ccccc4C54c5ccccc5-c5ccccc54)cc3)cc2)nc(-c2cccc3oc4ccccc4c23)n1. The van der Waals surface area contributed by atoms with Gasteiger partial charge in [0.25, 0.3) is 0 Å². The van der Waals surface area contributed by atoms with E-state index in [1.54, 1.807) is 12.2 Å². The fourth-order valence-corrected chi connectivity index (χ4v) is 10.0. The monoisotopic (exact) mass is 791 g/mol. The molecule has 1 spiro atoms. The Labute approximate surface area is 359 Å². The van der Waals surface area contributed by atoms with Gasteiger partial charge >= 0.3 is 0 Å². The molecule has 0 saturated heterocycles. The molecule has 0 aliphatic heterocycles. The van der Waals surface area contributed by atoms with E-state index < -0.39 is 0 Å². The zero-order valence-corrected chi connectivity index (χ0v) is 33.7. The van der Waals surface area contributed by atoms with Gasteiger partial charge in [0.15, 0.2) is 17.5 Å². The largest absolute Gasteiger partial charge is 0.456 e. The van der Waals surface area contributed by atoms with E-state index in [4.69, 9.17) is 19.4 Å². The highest BCUT2D eigenvalue weighted by Crippen LogP contribution is 2.63. The van der Waals surface area contributed by atoms with Crippen LogP contribution in [0.2, 0.25) is 0 Å². The summed E-state index contributed by atoms with van der Waals surface area (Å²) in [6.07, 6.45) is 5.33. The third-order valence-electron chi connectivity index (χ3n) is 12.7. The van der Waals surface area contributed by atoms with E-state index in [2.05, 4.69) is 159 Å². The maximum absolute atomic E-state index is 6.21. The molecule has 0 fully saturated rings. The molecule has 290 valence electrons. The summed E-state index contributed by atoms with van der Waals surface area (Å²) in [5.74, 6) is 1.65. The topological polar surface area (TPSA) is 51.8 Å². The molecule has 62 heavy (non-hydrogen) atoms. The number of hydrogen-bond donors (Lipinski definition) is 0. The highest BCUT2D eigenvalue weighted by Gasteiger charge is 2.51. The molecule has 0 N–H and O–H groups in total. The molecule has 12 rings (SSSR count). The van der Waals surface area contributed by atoms with Crippen LogP contribution in [0.25, 0.3) is 94.8 Å². The zero-order chi connectivity index (χ0) is 41.4. The van der Waals surface area contributed by atoms with Gasteiger partial charge < -0.3 is 4.42 Å². The first-order valence-corrected chi connectivity index (χ1v) is 20.9. The minimum atomic E-state index is -0.336. The predicted octanol–water partition coefficient (Wildman–Crippen LogP) is 14.5. The van der Waals surface area contributed by atoms with Crippen LogP contribution in [0.4, 0.5) is 0 Å². The van der Waals surface area contributed by atoms with Gasteiger partial charge in [-0.15, -0.1) is 0 Å². The van der Waals surface area contributed by atoms with Gasteiger partial charge in [0.05, 0.1) is 5.41 Å². The molecule has 0 atom stereocenters. The van der Waals surface area contributed by atoms with Gasteiger partial charge in [-0.2, -0.15) is 0 Å². The maximum Gasteiger partial charge on any atom is 0.164 e. The van der Waals surface area contributed by atoms with E-state index in [-0.39, 0.29) is 5.41 Å². The summed E-state index contributed by atoms with van der Waals surface area (Å²) in [5.41, 5.74) is 19.0. The third kappa shape index (κ3) is 5.23. The van der Waals surface area contributed by atoms with E-state index in [9.17, 15) is 0 Å². The first-order valence-electron chi connectivity index (χ1n) is 20.9. The van der Waals surface area contributed by atoms with Crippen molar-refractivity contribution in [1.29, 1.82) is 0 Å². The Balaban J connectivity index is 0.893. The molecular formula is C58H37N3O. The number of furan rings is 1. The lowest BCUT2D eigenvalue weighted by Crippen LogP contribution is -2.25. The standard InChI is InChI=1S/C58H37N3O/c1-3-14-36(4-2)55-59-56(61-57(60-55)46-19-13-24-53-54(46)45-18-8-12-23-52(45)62-53)40-31-29-38(30-32-40)37-25-27-39(28-26-37)41-33-34-51-47(35-41)44-17-7-11-22-50(44)58(51)48-20-9-5-15-42(48)43-16-6-10-21-49(43)58/h3-35H,1-2H2/b36-14+. The molecular weight excluding hydrogens is 755 g/mol. The predicted molar refractivity (Wildman–Crippen MR) is 254 cm³/mol. The van der Waals surface area contributed by atoms with E-state index in [1.165, 1.54) is 55.6 Å². The molecule has 0 radical (unpaired) electrons. The van der Waals surface area contributed by atoms with Gasteiger partial charge in [-0.25, -0.2) is 15.0 Å². The minimum Gasteiger partial charge on any atom is -0.456 e. The summed E-state index contributed by atoms with van der Waals surface area (Å²) in [7, 11) is 0. The summed E-state index contributed by atoms with van der Waals surface area (Å²) >= 11 is 0. The van der Waals surface area contributed by atoms with Crippen molar-refractivity contribution in [2.24, 2.45) is 0 Å². The second kappa shape index (κ2) is 13.9. The first-order chi connectivity index (χ1) is 30.6. The van der Waals surface area contributed by atoms with Crippen molar-refractivity contribution in [3.63, 3.8) is 0 Å². The molecule has 8 aromatic carbocycles. The number of allylic oxidation sites excluding steroid dienone is 4. The lowest BCUT2D eigenvalue weighted by Gasteiger charge is -2.30. The third-order valence-corrected chi connectivity index (χ3v) is 12.7. The van der Waals surface area contributed by atoms with Crippen molar-refractivity contribution < 1.29 is 4.42 Å². The Kier molecular flexibility index (Phi) is 8.03. The smallest absolute Gasteiger partial charge is 0.164 e. The number of hydrogen-bond acceptors (Lipinski definition) is 4. The quantitative estimate of drug-likeness (QED) is 0.151. The van der Waals surface area contributed by atoms with Crippen LogP contribution in [0.1, 0.15) is 28.1 Å². The molecule has 4 nitrogen and oxygen atoms in total. The normalized spacial score (nSPS) is 13.2. The number of rotatable bonds is 7. The average Bonchev–Trinajstić information content (AvgIpc) is 3.97. The van der Waals surface area contributed by atoms with Crippen molar-refractivity contribution in [1.82, 2.24) is 15.0 Å². The number of aromatic nitrogens is 3. The molecule has 0 amide bonds. The van der Waals surface area contributed by atoms with Gasteiger partial charge in [-0.1, -0.05) is 195 Å². The van der Waals surface area contributed by atoms with E-state index >= 15 is 0 Å². The van der Waals surface area contributed by atoms with Crippen molar-refractivity contribution in [2.45, 2.75) is 5.41 Å². The van der Waals surface area contributed by atoms with E-state index in [0.29, 0.717) is 17.5 Å². The number of fused-ring (bicyclic) bond motifs is 13. The summed E-state index contributed by atoms with van der Waals surface area (Å²) in [6, 6.07) is 65.3. The fraction of sp³-hybridized carbons (Fsp3) is 0.0172. The second-order valence-corrected chi connectivity index (χ2v) is 15.9. The lowest BCUT2D eigenvalue weighted by molar-refractivity contribution is 0.669. The van der Waals surface area contributed by atoms with Gasteiger partial charge in [0.2, 0.25) is 0 Å². The maximum atomic E-state index is 6.21. The first kappa shape index (κ1) is 35.7. The van der Waals surface area contributed by atoms with E-state index in [0.717, 1.165) is 49.8 Å². The summed E-state index contributed by atoms with van der Waals surface area (Å²) in [4.78, 5) is 15.0. The average molecular weight is 792 g/mol.